The number of rotatable bonds is 14. The van der Waals surface area contributed by atoms with E-state index in [4.69, 9.17) is 9.47 Å². The molecule has 2 rings (SSSR count). The Morgan fingerprint density at radius 3 is 2.25 bits per heavy atom. The first-order valence-corrected chi connectivity index (χ1v) is 10.6. The van der Waals surface area contributed by atoms with Crippen LogP contribution in [-0.2, 0) is 0 Å². The molecule has 2 aromatic rings. The normalized spacial score (nSPS) is 10.7. The summed E-state index contributed by atoms with van der Waals surface area (Å²) in [7, 11) is 0. The maximum atomic E-state index is 5.85. The minimum atomic E-state index is 0.536. The van der Waals surface area contributed by atoms with Crippen LogP contribution in [0.1, 0.15) is 46.5 Å². The third-order valence-electron chi connectivity index (χ3n) is 4.32. The minimum absolute atomic E-state index is 0.536. The van der Waals surface area contributed by atoms with Gasteiger partial charge in [-0.2, -0.15) is 0 Å². The first-order valence-electron chi connectivity index (χ1n) is 10.6. The van der Waals surface area contributed by atoms with Crippen LogP contribution < -0.4 is 20.1 Å². The lowest BCUT2D eigenvalue weighted by Crippen LogP contribution is -2.13. The first kappa shape index (κ1) is 21.9. The van der Waals surface area contributed by atoms with Crippen LogP contribution in [0.5, 0.6) is 11.5 Å². The molecule has 0 saturated carbocycles. The zero-order valence-electron chi connectivity index (χ0n) is 17.7. The third-order valence-corrected chi connectivity index (χ3v) is 4.32. The van der Waals surface area contributed by atoms with Crippen molar-refractivity contribution in [2.24, 2.45) is 5.92 Å². The molecule has 154 valence electrons. The number of anilines is 2. The van der Waals surface area contributed by atoms with Gasteiger partial charge < -0.3 is 20.1 Å². The van der Waals surface area contributed by atoms with Crippen LogP contribution in [0.4, 0.5) is 11.4 Å². The van der Waals surface area contributed by atoms with Crippen molar-refractivity contribution in [3.63, 3.8) is 0 Å². The molecule has 0 aromatic heterocycles. The van der Waals surface area contributed by atoms with Gasteiger partial charge in [0.2, 0.25) is 0 Å². The van der Waals surface area contributed by atoms with Gasteiger partial charge in [0.15, 0.2) is 0 Å². The SMILES string of the molecule is CCCCCCOc1cccc(NCCNc2ccc(OCC(C)C)cc2)c1. The molecular weight excluding hydrogens is 348 g/mol. The summed E-state index contributed by atoms with van der Waals surface area (Å²) < 4.78 is 11.6. The van der Waals surface area contributed by atoms with Crippen LogP contribution in [-0.4, -0.2) is 26.3 Å². The van der Waals surface area contributed by atoms with Gasteiger partial charge in [-0.1, -0.05) is 46.1 Å². The molecule has 0 aliphatic rings. The first-order chi connectivity index (χ1) is 13.7. The molecule has 4 heteroatoms. The van der Waals surface area contributed by atoms with Crippen LogP contribution in [0.15, 0.2) is 48.5 Å². The van der Waals surface area contributed by atoms with Gasteiger partial charge in [-0.3, -0.25) is 0 Å². The fourth-order valence-electron chi connectivity index (χ4n) is 2.76. The molecule has 2 N–H and O–H groups in total. The second-order valence-corrected chi connectivity index (χ2v) is 7.52. The molecule has 0 fully saturated rings. The van der Waals surface area contributed by atoms with Crippen molar-refractivity contribution in [1.82, 2.24) is 0 Å². The summed E-state index contributed by atoms with van der Waals surface area (Å²) in [6.45, 7) is 9.75. The van der Waals surface area contributed by atoms with E-state index in [1.165, 1.54) is 19.3 Å². The zero-order valence-corrected chi connectivity index (χ0v) is 17.7. The van der Waals surface area contributed by atoms with Gasteiger partial charge in [-0.25, -0.2) is 0 Å². The quantitative estimate of drug-likeness (QED) is 0.380. The van der Waals surface area contributed by atoms with Gasteiger partial charge in [0.05, 0.1) is 13.2 Å². The summed E-state index contributed by atoms with van der Waals surface area (Å²) in [5.74, 6) is 2.39. The molecule has 0 atom stereocenters. The Kier molecular flexibility index (Phi) is 10.1. The molecule has 4 nitrogen and oxygen atoms in total. The minimum Gasteiger partial charge on any atom is -0.494 e. The molecule has 0 aliphatic carbocycles. The van der Waals surface area contributed by atoms with E-state index in [9.17, 15) is 0 Å². The Hall–Kier alpha value is -2.36. The highest BCUT2D eigenvalue weighted by Gasteiger charge is 1.99. The second-order valence-electron chi connectivity index (χ2n) is 7.52. The summed E-state index contributed by atoms with van der Waals surface area (Å²) in [6.07, 6.45) is 4.90. The Labute approximate surface area is 170 Å². The number of ether oxygens (including phenoxy) is 2. The molecule has 0 bridgehead atoms. The zero-order chi connectivity index (χ0) is 20.0. The lowest BCUT2D eigenvalue weighted by Gasteiger charge is -2.12. The average molecular weight is 385 g/mol. The Morgan fingerprint density at radius 2 is 1.54 bits per heavy atom. The standard InChI is InChI=1S/C24H36N2O2/c1-4-5-6-7-17-27-24-10-8-9-22(18-24)26-16-15-25-21-11-13-23(14-12-21)28-19-20(2)3/h8-14,18,20,25-26H,4-7,15-17,19H2,1-3H3. The van der Waals surface area contributed by atoms with Gasteiger partial charge in [-0.05, 0) is 48.7 Å². The van der Waals surface area contributed by atoms with Crippen LogP contribution >= 0.6 is 0 Å². The summed E-state index contributed by atoms with van der Waals surface area (Å²) in [6, 6.07) is 16.3. The van der Waals surface area contributed by atoms with E-state index in [1.807, 2.05) is 24.3 Å². The topological polar surface area (TPSA) is 42.5 Å². The maximum Gasteiger partial charge on any atom is 0.121 e. The molecule has 0 spiro atoms. The van der Waals surface area contributed by atoms with E-state index < -0.39 is 0 Å². The van der Waals surface area contributed by atoms with Gasteiger partial charge >= 0.3 is 0 Å². The van der Waals surface area contributed by atoms with Crippen molar-refractivity contribution < 1.29 is 9.47 Å². The van der Waals surface area contributed by atoms with Crippen LogP contribution in [0, 0.1) is 5.92 Å². The molecule has 0 saturated heterocycles. The third kappa shape index (κ3) is 9.03. The number of nitrogens with one attached hydrogen (secondary N) is 2. The summed E-state index contributed by atoms with van der Waals surface area (Å²) >= 11 is 0. The lowest BCUT2D eigenvalue weighted by molar-refractivity contribution is 0.271. The number of hydrogen-bond donors (Lipinski definition) is 2. The largest absolute Gasteiger partial charge is 0.494 e. The number of hydrogen-bond acceptors (Lipinski definition) is 4. The maximum absolute atomic E-state index is 5.85. The van der Waals surface area contributed by atoms with E-state index in [0.29, 0.717) is 5.92 Å². The fourth-order valence-corrected chi connectivity index (χ4v) is 2.76. The van der Waals surface area contributed by atoms with E-state index in [2.05, 4.69) is 55.7 Å². The highest BCUT2D eigenvalue weighted by atomic mass is 16.5. The van der Waals surface area contributed by atoms with Crippen molar-refractivity contribution in [3.05, 3.63) is 48.5 Å². The summed E-state index contributed by atoms with van der Waals surface area (Å²) in [5, 5.41) is 6.87. The molecular formula is C24H36N2O2. The van der Waals surface area contributed by atoms with E-state index in [1.54, 1.807) is 0 Å². The van der Waals surface area contributed by atoms with Gasteiger partial charge in [0, 0.05) is 30.5 Å². The predicted molar refractivity (Wildman–Crippen MR) is 120 cm³/mol. The van der Waals surface area contributed by atoms with E-state index in [-0.39, 0.29) is 0 Å². The fraction of sp³-hybridized carbons (Fsp3) is 0.500. The van der Waals surface area contributed by atoms with Crippen LogP contribution in [0.3, 0.4) is 0 Å². The predicted octanol–water partition coefficient (Wildman–Crippen LogP) is 6.20. The molecule has 0 heterocycles. The van der Waals surface area contributed by atoms with Crippen molar-refractivity contribution >= 4 is 11.4 Å². The van der Waals surface area contributed by atoms with Gasteiger partial charge in [-0.15, -0.1) is 0 Å². The molecule has 2 aromatic carbocycles. The molecule has 28 heavy (non-hydrogen) atoms. The van der Waals surface area contributed by atoms with E-state index in [0.717, 1.165) is 55.6 Å². The van der Waals surface area contributed by atoms with Crippen molar-refractivity contribution in [2.45, 2.75) is 46.5 Å². The number of unbranched alkanes of at least 4 members (excludes halogenated alkanes) is 3. The molecule has 0 aliphatic heterocycles. The van der Waals surface area contributed by atoms with Crippen LogP contribution in [0.25, 0.3) is 0 Å². The van der Waals surface area contributed by atoms with Crippen LogP contribution in [0.2, 0.25) is 0 Å². The highest BCUT2D eigenvalue weighted by Crippen LogP contribution is 2.18. The summed E-state index contributed by atoms with van der Waals surface area (Å²) in [4.78, 5) is 0. The molecule has 0 unspecified atom stereocenters. The monoisotopic (exact) mass is 384 g/mol. The average Bonchev–Trinajstić information content (AvgIpc) is 2.71. The number of benzene rings is 2. The Morgan fingerprint density at radius 1 is 0.786 bits per heavy atom. The Bertz CT molecular complexity index is 656. The molecule has 0 radical (unpaired) electrons. The smallest absolute Gasteiger partial charge is 0.121 e. The molecule has 0 amide bonds. The summed E-state index contributed by atoms with van der Waals surface area (Å²) in [5.41, 5.74) is 2.19. The van der Waals surface area contributed by atoms with Crippen molar-refractivity contribution in [3.8, 4) is 11.5 Å². The van der Waals surface area contributed by atoms with E-state index >= 15 is 0 Å². The van der Waals surface area contributed by atoms with Crippen molar-refractivity contribution in [1.29, 1.82) is 0 Å². The van der Waals surface area contributed by atoms with Gasteiger partial charge in [0.25, 0.3) is 0 Å². The lowest BCUT2D eigenvalue weighted by atomic mass is 10.2. The van der Waals surface area contributed by atoms with Crippen molar-refractivity contribution in [2.75, 3.05) is 36.9 Å². The second kappa shape index (κ2) is 12.9. The van der Waals surface area contributed by atoms with Gasteiger partial charge in [0.1, 0.15) is 11.5 Å². The Balaban J connectivity index is 1.65. The highest BCUT2D eigenvalue weighted by molar-refractivity contribution is 5.49.